The van der Waals surface area contributed by atoms with Crippen LogP contribution in [0.4, 0.5) is 0 Å². The van der Waals surface area contributed by atoms with Gasteiger partial charge in [-0.15, -0.1) is 0 Å². The van der Waals surface area contributed by atoms with E-state index >= 15 is 0 Å². The van der Waals surface area contributed by atoms with Crippen LogP contribution in [0.5, 0.6) is 5.75 Å². The SMILES string of the molecule is CCOc1ccc2nccc([C@@H](O)[C@@H]3C[C@H]4CCN3[C@@H]4CC)c2c1. The summed E-state index contributed by atoms with van der Waals surface area (Å²) in [6.45, 7) is 6.01. The lowest BCUT2D eigenvalue weighted by Crippen LogP contribution is -2.38. The quantitative estimate of drug-likeness (QED) is 0.913. The van der Waals surface area contributed by atoms with E-state index in [9.17, 15) is 5.11 Å². The van der Waals surface area contributed by atoms with Crippen molar-refractivity contribution in [3.05, 3.63) is 36.0 Å². The lowest BCUT2D eigenvalue weighted by atomic mass is 9.90. The number of pyridine rings is 1. The van der Waals surface area contributed by atoms with Crippen LogP contribution in [0.25, 0.3) is 10.9 Å². The first-order valence-corrected chi connectivity index (χ1v) is 9.18. The number of hydrogen-bond donors (Lipinski definition) is 1. The van der Waals surface area contributed by atoms with Gasteiger partial charge in [0.15, 0.2) is 0 Å². The van der Waals surface area contributed by atoms with Crippen LogP contribution in [0.1, 0.15) is 44.8 Å². The lowest BCUT2D eigenvalue weighted by Gasteiger charge is -2.31. The molecule has 4 rings (SSSR count). The molecule has 3 heterocycles. The summed E-state index contributed by atoms with van der Waals surface area (Å²) in [7, 11) is 0. The fraction of sp³-hybridized carbons (Fsp3) is 0.550. The van der Waals surface area contributed by atoms with Crippen LogP contribution < -0.4 is 4.74 Å². The molecule has 2 fully saturated rings. The molecular formula is C20H26N2O2. The van der Waals surface area contributed by atoms with Gasteiger partial charge < -0.3 is 9.84 Å². The number of fused-ring (bicyclic) bond motifs is 3. The van der Waals surface area contributed by atoms with Crippen LogP contribution in [0.3, 0.4) is 0 Å². The highest BCUT2D eigenvalue weighted by Crippen LogP contribution is 2.45. The number of aliphatic hydroxyl groups excluding tert-OH is 1. The van der Waals surface area contributed by atoms with Gasteiger partial charge in [-0.1, -0.05) is 6.92 Å². The van der Waals surface area contributed by atoms with E-state index in [0.29, 0.717) is 12.6 Å². The average molecular weight is 326 g/mol. The van der Waals surface area contributed by atoms with Crippen LogP contribution in [-0.4, -0.2) is 40.2 Å². The Morgan fingerprint density at radius 2 is 2.21 bits per heavy atom. The zero-order valence-corrected chi connectivity index (χ0v) is 14.5. The fourth-order valence-corrected chi connectivity index (χ4v) is 4.82. The first kappa shape index (κ1) is 15.9. The van der Waals surface area contributed by atoms with Crippen molar-refractivity contribution in [3.63, 3.8) is 0 Å². The van der Waals surface area contributed by atoms with Crippen LogP contribution in [0.15, 0.2) is 30.5 Å². The summed E-state index contributed by atoms with van der Waals surface area (Å²) in [5.74, 6) is 1.59. The van der Waals surface area contributed by atoms with Crippen LogP contribution in [0.2, 0.25) is 0 Å². The Kier molecular flexibility index (Phi) is 4.19. The van der Waals surface area contributed by atoms with Crippen molar-refractivity contribution in [3.8, 4) is 5.75 Å². The molecule has 24 heavy (non-hydrogen) atoms. The molecule has 0 amide bonds. The molecule has 1 aromatic carbocycles. The molecule has 2 aliphatic rings. The van der Waals surface area contributed by atoms with Gasteiger partial charge in [0.2, 0.25) is 0 Å². The second kappa shape index (κ2) is 6.34. The van der Waals surface area contributed by atoms with E-state index in [-0.39, 0.29) is 6.04 Å². The van der Waals surface area contributed by atoms with Crippen molar-refractivity contribution >= 4 is 10.9 Å². The van der Waals surface area contributed by atoms with Gasteiger partial charge in [0.25, 0.3) is 0 Å². The maximum Gasteiger partial charge on any atom is 0.120 e. The Morgan fingerprint density at radius 1 is 1.33 bits per heavy atom. The van der Waals surface area contributed by atoms with Gasteiger partial charge in [-0.25, -0.2) is 0 Å². The Labute approximate surface area is 143 Å². The van der Waals surface area contributed by atoms with Gasteiger partial charge in [0.1, 0.15) is 5.75 Å². The minimum Gasteiger partial charge on any atom is -0.494 e. The van der Waals surface area contributed by atoms with Gasteiger partial charge in [-0.3, -0.25) is 9.88 Å². The van der Waals surface area contributed by atoms with Crippen molar-refractivity contribution in [1.29, 1.82) is 0 Å². The van der Waals surface area contributed by atoms with E-state index in [1.165, 1.54) is 12.8 Å². The molecule has 1 aromatic heterocycles. The number of nitrogens with zero attached hydrogens (tertiary/aromatic N) is 2. The minimum atomic E-state index is -0.466. The van der Waals surface area contributed by atoms with Crippen molar-refractivity contribution < 1.29 is 9.84 Å². The van der Waals surface area contributed by atoms with Gasteiger partial charge in [0, 0.05) is 23.7 Å². The Morgan fingerprint density at radius 3 is 2.96 bits per heavy atom. The van der Waals surface area contributed by atoms with Crippen molar-refractivity contribution in [1.82, 2.24) is 9.88 Å². The third-order valence-corrected chi connectivity index (χ3v) is 5.86. The first-order valence-electron chi connectivity index (χ1n) is 9.18. The highest BCUT2D eigenvalue weighted by molar-refractivity contribution is 5.84. The van der Waals surface area contributed by atoms with E-state index < -0.39 is 6.10 Å². The number of hydrogen-bond acceptors (Lipinski definition) is 4. The van der Waals surface area contributed by atoms with Crippen molar-refractivity contribution in [2.45, 2.75) is 51.3 Å². The van der Waals surface area contributed by atoms with Gasteiger partial charge in [0.05, 0.1) is 18.2 Å². The van der Waals surface area contributed by atoms with E-state index in [4.69, 9.17) is 4.74 Å². The molecule has 1 N–H and O–H groups in total. The molecular weight excluding hydrogens is 300 g/mol. The van der Waals surface area contributed by atoms with Crippen molar-refractivity contribution in [2.75, 3.05) is 13.2 Å². The summed E-state index contributed by atoms with van der Waals surface area (Å²) in [5.41, 5.74) is 1.90. The number of aliphatic hydroxyl groups is 1. The molecule has 2 aliphatic heterocycles. The summed E-state index contributed by atoms with van der Waals surface area (Å²) in [5, 5.41) is 12.2. The normalized spacial score (nSPS) is 30.0. The van der Waals surface area contributed by atoms with Crippen LogP contribution in [0, 0.1) is 5.92 Å². The summed E-state index contributed by atoms with van der Waals surface area (Å²) >= 11 is 0. The molecule has 4 heteroatoms. The Hall–Kier alpha value is -1.65. The van der Waals surface area contributed by atoms with Gasteiger partial charge >= 0.3 is 0 Å². The molecule has 5 atom stereocenters. The third kappa shape index (κ3) is 2.49. The molecule has 0 radical (unpaired) electrons. The molecule has 0 aliphatic carbocycles. The third-order valence-electron chi connectivity index (χ3n) is 5.86. The lowest BCUT2D eigenvalue weighted by molar-refractivity contribution is 0.0594. The molecule has 2 aromatic rings. The molecule has 2 bridgehead atoms. The summed E-state index contributed by atoms with van der Waals surface area (Å²) in [6.07, 6.45) is 4.91. The van der Waals surface area contributed by atoms with Crippen LogP contribution in [-0.2, 0) is 0 Å². The van der Waals surface area contributed by atoms with E-state index in [1.54, 1.807) is 6.20 Å². The number of ether oxygens (including phenoxy) is 1. The Bertz CT molecular complexity index is 733. The fourth-order valence-electron chi connectivity index (χ4n) is 4.82. The average Bonchev–Trinajstić information content (AvgIpc) is 3.18. The number of benzene rings is 1. The monoisotopic (exact) mass is 326 g/mol. The smallest absolute Gasteiger partial charge is 0.120 e. The Balaban J connectivity index is 1.69. The minimum absolute atomic E-state index is 0.232. The molecule has 2 saturated heterocycles. The summed E-state index contributed by atoms with van der Waals surface area (Å²) in [6, 6.07) is 8.79. The largest absolute Gasteiger partial charge is 0.494 e. The number of aromatic nitrogens is 1. The molecule has 1 unspecified atom stereocenters. The number of piperidine rings is 1. The summed E-state index contributed by atoms with van der Waals surface area (Å²) < 4.78 is 5.64. The standard InChI is InChI=1S/C20H26N2O2/c1-3-18-13-8-10-22(18)19(11-13)20(23)15-7-9-21-17-6-5-14(24-4-2)12-16(15)17/h5-7,9,12-13,18-20,23H,3-4,8,10-11H2,1-2H3/t13-,18-,19+,20-/m1/s1. The second-order valence-electron chi connectivity index (χ2n) is 7.02. The predicted molar refractivity (Wildman–Crippen MR) is 95.2 cm³/mol. The zero-order chi connectivity index (χ0) is 16.7. The molecule has 0 saturated carbocycles. The zero-order valence-electron chi connectivity index (χ0n) is 14.5. The molecule has 4 nitrogen and oxygen atoms in total. The molecule has 128 valence electrons. The maximum atomic E-state index is 11.2. The van der Waals surface area contributed by atoms with E-state index in [2.05, 4.69) is 16.8 Å². The molecule has 0 spiro atoms. The van der Waals surface area contributed by atoms with Crippen molar-refractivity contribution in [2.24, 2.45) is 5.92 Å². The summed E-state index contributed by atoms with van der Waals surface area (Å²) in [4.78, 5) is 6.99. The number of rotatable bonds is 5. The first-order chi connectivity index (χ1) is 11.7. The van der Waals surface area contributed by atoms with Gasteiger partial charge in [-0.05, 0) is 68.5 Å². The predicted octanol–water partition coefficient (Wildman–Crippen LogP) is 3.54. The van der Waals surface area contributed by atoms with E-state index in [1.807, 2.05) is 31.2 Å². The highest BCUT2D eigenvalue weighted by atomic mass is 16.5. The topological polar surface area (TPSA) is 45.6 Å². The van der Waals surface area contributed by atoms with Gasteiger partial charge in [-0.2, -0.15) is 0 Å². The van der Waals surface area contributed by atoms with Crippen LogP contribution >= 0.6 is 0 Å². The highest BCUT2D eigenvalue weighted by Gasteiger charge is 2.47. The van der Waals surface area contributed by atoms with E-state index in [0.717, 1.165) is 41.1 Å². The maximum absolute atomic E-state index is 11.2. The second-order valence-corrected chi connectivity index (χ2v) is 7.02.